The zero-order chi connectivity index (χ0) is 43.5. The van der Waals surface area contributed by atoms with E-state index in [9.17, 15) is 24.0 Å². The summed E-state index contributed by atoms with van der Waals surface area (Å²) in [5, 5.41) is 12.6. The number of hydroxylamine groups is 2. The van der Waals surface area contributed by atoms with Gasteiger partial charge in [-0.1, -0.05) is 15.3 Å². The average Bonchev–Trinajstić information content (AvgIpc) is 3.13. The molecule has 0 radical (unpaired) electrons. The summed E-state index contributed by atoms with van der Waals surface area (Å²) in [6.45, 7) is 11.9. The first-order valence-electron chi connectivity index (χ1n) is 19.1. The zero-order valence-corrected chi connectivity index (χ0v) is 34.8. The van der Waals surface area contributed by atoms with Crippen LogP contribution in [0.3, 0.4) is 0 Å². The van der Waals surface area contributed by atoms with Crippen molar-refractivity contribution < 1.29 is 66.7 Å². The molecule has 1 atom stereocenters. The van der Waals surface area contributed by atoms with Crippen molar-refractivity contribution in [3.8, 4) is 0 Å². The maximum Gasteiger partial charge on any atom is 0.444 e. The van der Waals surface area contributed by atoms with Crippen LogP contribution in [0, 0.1) is 0 Å². The van der Waals surface area contributed by atoms with Gasteiger partial charge in [-0.05, 0) is 78.3 Å². The Kier molecular flexibility index (Phi) is 31.1. The van der Waals surface area contributed by atoms with Gasteiger partial charge in [0.15, 0.2) is 5.78 Å². The van der Waals surface area contributed by atoms with E-state index in [1.807, 2.05) is 0 Å². The highest BCUT2D eigenvalue weighted by Gasteiger charge is 2.32. The minimum absolute atomic E-state index is 0.0224. The lowest BCUT2D eigenvalue weighted by molar-refractivity contribution is -0.148. The fraction of sp³-hybridized carbons (Fsp3) is 0.857. The molecule has 0 unspecified atom stereocenters. The first kappa shape index (κ1) is 53.7. The van der Waals surface area contributed by atoms with E-state index >= 15 is 0 Å². The summed E-state index contributed by atoms with van der Waals surface area (Å²) < 4.78 is 42.5. The third-order valence-electron chi connectivity index (χ3n) is 6.62. The van der Waals surface area contributed by atoms with Gasteiger partial charge in [0.1, 0.15) is 24.4 Å². The molecule has 0 aliphatic carbocycles. The van der Waals surface area contributed by atoms with Crippen molar-refractivity contribution in [2.45, 2.75) is 90.9 Å². The van der Waals surface area contributed by atoms with Crippen molar-refractivity contribution in [3.63, 3.8) is 0 Å². The molecule has 0 saturated carbocycles. The summed E-state index contributed by atoms with van der Waals surface area (Å²) in [7, 11) is 0. The molecular formula is C35H63N9O14. The normalized spacial score (nSPS) is 11.8. The van der Waals surface area contributed by atoms with Crippen LogP contribution >= 0.6 is 0 Å². The van der Waals surface area contributed by atoms with Crippen molar-refractivity contribution in [1.29, 1.82) is 0 Å². The highest BCUT2D eigenvalue weighted by molar-refractivity contribution is 5.89. The number of hydrogen-bond donors (Lipinski definition) is 2. The van der Waals surface area contributed by atoms with Gasteiger partial charge in [0.25, 0.3) is 0 Å². The quantitative estimate of drug-likeness (QED) is 0.0305. The van der Waals surface area contributed by atoms with E-state index in [1.165, 1.54) is 0 Å². The number of nitrogens with zero attached hydrogens (tertiary/aromatic N) is 7. The van der Waals surface area contributed by atoms with Crippen LogP contribution in [-0.2, 0) is 57.1 Å². The molecule has 0 heterocycles. The second-order valence-electron chi connectivity index (χ2n) is 14.1. The van der Waals surface area contributed by atoms with E-state index in [-0.39, 0.29) is 117 Å². The van der Waals surface area contributed by atoms with Gasteiger partial charge < -0.3 is 48.5 Å². The maximum atomic E-state index is 13.1. The molecule has 23 heteroatoms. The van der Waals surface area contributed by atoms with Crippen LogP contribution in [0.2, 0.25) is 0 Å². The van der Waals surface area contributed by atoms with E-state index < -0.39 is 35.3 Å². The lowest BCUT2D eigenvalue weighted by atomic mass is 10.0. The number of rotatable bonds is 34. The molecule has 2 N–H and O–H groups in total. The summed E-state index contributed by atoms with van der Waals surface area (Å²) in [6, 6.07) is -0.779. The number of Topliss-reactive ketones (excluding diaryl/α,β-unsaturated/α-hetero) is 1. The van der Waals surface area contributed by atoms with Gasteiger partial charge in [-0.25, -0.2) is 9.59 Å². The first-order chi connectivity index (χ1) is 27.6. The van der Waals surface area contributed by atoms with E-state index in [1.54, 1.807) is 41.5 Å². The summed E-state index contributed by atoms with van der Waals surface area (Å²) in [5.41, 5.74) is 14.8. The fourth-order valence-electron chi connectivity index (χ4n) is 4.19. The highest BCUT2D eigenvalue weighted by Crippen LogP contribution is 2.15. The summed E-state index contributed by atoms with van der Waals surface area (Å²) in [6.07, 6.45) is -0.122. The molecule has 0 saturated heterocycles. The smallest absolute Gasteiger partial charge is 0.442 e. The monoisotopic (exact) mass is 833 g/mol. The van der Waals surface area contributed by atoms with Crippen LogP contribution in [0.25, 0.3) is 20.9 Å². The van der Waals surface area contributed by atoms with Gasteiger partial charge in [0.05, 0.1) is 72.1 Å². The van der Waals surface area contributed by atoms with Gasteiger partial charge in [-0.3, -0.25) is 19.2 Å². The number of ether oxygens (including phenoxy) is 8. The number of nitrogens with one attached hydrogen (secondary N) is 2. The Morgan fingerprint density at radius 3 is 1.59 bits per heavy atom. The molecule has 23 nitrogen and oxygen atoms in total. The summed E-state index contributed by atoms with van der Waals surface area (Å²) in [4.78, 5) is 73.3. The summed E-state index contributed by atoms with van der Waals surface area (Å²) in [5.74, 6) is -0.974. The predicted molar refractivity (Wildman–Crippen MR) is 206 cm³/mol. The van der Waals surface area contributed by atoms with Gasteiger partial charge in [-0.15, -0.1) is 0 Å². The molecule has 0 aromatic heterocycles. The number of hydrogen-bond acceptors (Lipinski definition) is 16. The van der Waals surface area contributed by atoms with E-state index in [4.69, 9.17) is 53.8 Å². The predicted octanol–water partition coefficient (Wildman–Crippen LogP) is 3.93. The standard InChI is InChI=1S/C35H63N9O14/c1-34(2,3)57-32(48)44(33(49)58-35(4,5)6)56-25-24-53-19-18-50-15-9-11-29(45)28(41-31(47)27-55-23-21-52-17-14-40-43-37)10-7-8-12-38-30(46)26-54-22-20-51-16-13-39-42-36/h28H,7-27H2,1-6H3,(H,38,46)(H,41,47)/t28-/m0/s1. The maximum absolute atomic E-state index is 13.1. The van der Waals surface area contributed by atoms with Crippen LogP contribution in [0.15, 0.2) is 10.2 Å². The molecule has 0 fully saturated rings. The lowest BCUT2D eigenvalue weighted by Gasteiger charge is -2.27. The van der Waals surface area contributed by atoms with E-state index in [2.05, 4.69) is 30.7 Å². The minimum atomic E-state index is -1.03. The number of imide groups is 1. The number of carbonyl (C=O) groups excluding carboxylic acids is 5. The Hall–Kier alpha value is -4.31. The molecule has 0 aromatic rings. The first-order valence-corrected chi connectivity index (χ1v) is 19.1. The van der Waals surface area contributed by atoms with E-state index in [0.29, 0.717) is 37.3 Å². The number of ketones is 1. The topological polar surface area (TPSA) is 293 Å². The minimum Gasteiger partial charge on any atom is -0.442 e. The van der Waals surface area contributed by atoms with Gasteiger partial charge in [-0.2, -0.15) is 0 Å². The molecule has 0 aliphatic heterocycles. The van der Waals surface area contributed by atoms with Gasteiger partial charge >= 0.3 is 12.2 Å². The molecule has 4 amide bonds. The Balaban J connectivity index is 4.65. The second-order valence-corrected chi connectivity index (χ2v) is 14.1. The molecule has 58 heavy (non-hydrogen) atoms. The number of amides is 4. The lowest BCUT2D eigenvalue weighted by Crippen LogP contribution is -2.44. The average molecular weight is 834 g/mol. The Morgan fingerprint density at radius 1 is 0.603 bits per heavy atom. The molecular weight excluding hydrogens is 770 g/mol. The SMILES string of the molecule is CC(C)(C)OC(=O)N(OCCOCCOCCCC(=O)[C@H](CCCCNC(=O)COCCOCCN=[N+]=[N-])NC(=O)COCCOCCN=[N+]=[N-])C(=O)OC(C)(C)C. The highest BCUT2D eigenvalue weighted by atomic mass is 16.8. The van der Waals surface area contributed by atoms with Crippen molar-refractivity contribution >= 4 is 29.8 Å². The van der Waals surface area contributed by atoms with Crippen molar-refractivity contribution in [3.05, 3.63) is 20.9 Å². The largest absolute Gasteiger partial charge is 0.444 e. The van der Waals surface area contributed by atoms with Crippen molar-refractivity contribution in [1.82, 2.24) is 15.7 Å². The third kappa shape index (κ3) is 33.8. The van der Waals surface area contributed by atoms with Gasteiger partial charge in [0, 0.05) is 42.5 Å². The zero-order valence-electron chi connectivity index (χ0n) is 34.8. The molecule has 0 spiro atoms. The Bertz CT molecular complexity index is 1260. The second kappa shape index (κ2) is 33.6. The van der Waals surface area contributed by atoms with E-state index in [0.717, 1.165) is 0 Å². The third-order valence-corrected chi connectivity index (χ3v) is 6.62. The summed E-state index contributed by atoms with van der Waals surface area (Å²) >= 11 is 0. The van der Waals surface area contributed by atoms with Crippen LogP contribution in [-0.4, -0.2) is 158 Å². The van der Waals surface area contributed by atoms with Crippen LogP contribution in [0.1, 0.15) is 73.6 Å². The van der Waals surface area contributed by atoms with Crippen LogP contribution < -0.4 is 10.6 Å². The van der Waals surface area contributed by atoms with Crippen molar-refractivity contribution in [2.24, 2.45) is 10.2 Å². The Morgan fingerprint density at radius 2 is 1.07 bits per heavy atom. The molecule has 0 rings (SSSR count). The number of carbonyl (C=O) groups is 5. The van der Waals surface area contributed by atoms with Crippen LogP contribution in [0.5, 0.6) is 0 Å². The number of unbranched alkanes of at least 4 members (excludes halogenated alkanes) is 1. The Labute approximate surface area is 339 Å². The van der Waals surface area contributed by atoms with Crippen LogP contribution in [0.4, 0.5) is 9.59 Å². The molecule has 332 valence electrons. The molecule has 0 aromatic carbocycles. The van der Waals surface area contributed by atoms with Crippen molar-refractivity contribution in [2.75, 3.05) is 106 Å². The van der Waals surface area contributed by atoms with Gasteiger partial charge in [0.2, 0.25) is 11.8 Å². The number of azide groups is 2. The molecule has 0 bridgehead atoms. The molecule has 0 aliphatic rings. The fourth-order valence-corrected chi connectivity index (χ4v) is 4.19.